The average molecular weight is 491 g/mol. The van der Waals surface area contributed by atoms with Gasteiger partial charge in [-0.05, 0) is 28.8 Å². The van der Waals surface area contributed by atoms with Crippen molar-refractivity contribution in [3.8, 4) is 11.1 Å². The molecule has 13 nitrogen and oxygen atoms in total. The molecule has 184 valence electrons. The zero-order chi connectivity index (χ0) is 26.0. The van der Waals surface area contributed by atoms with Crippen molar-refractivity contribution in [1.82, 2.24) is 19.9 Å². The van der Waals surface area contributed by atoms with Crippen LogP contribution >= 0.6 is 0 Å². The molecule has 0 saturated carbocycles. The van der Waals surface area contributed by atoms with Crippen LogP contribution in [0.15, 0.2) is 67.7 Å². The van der Waals surface area contributed by atoms with Crippen LogP contribution in [-0.2, 0) is 0 Å². The van der Waals surface area contributed by atoms with Crippen LogP contribution in [0.5, 0.6) is 0 Å². The second-order valence-electron chi connectivity index (χ2n) is 7.75. The molecule has 0 fully saturated rings. The molecule has 0 aliphatic heterocycles. The second kappa shape index (κ2) is 9.58. The lowest BCUT2D eigenvalue weighted by atomic mass is 9.85. The Morgan fingerprint density at radius 3 is 1.50 bits per heavy atom. The molecule has 0 radical (unpaired) electrons. The van der Waals surface area contributed by atoms with Crippen LogP contribution in [0.2, 0.25) is 0 Å². The molecule has 0 spiro atoms. The molecule has 4 aromatic rings. The van der Waals surface area contributed by atoms with E-state index < -0.39 is 33.3 Å². The van der Waals surface area contributed by atoms with E-state index in [1.54, 1.807) is 36.4 Å². The number of nitro benzene ring substituents is 1. The summed E-state index contributed by atoms with van der Waals surface area (Å²) in [6.45, 7) is 0. The Morgan fingerprint density at radius 1 is 0.694 bits per heavy atom. The lowest BCUT2D eigenvalue weighted by molar-refractivity contribution is -0.384. The van der Waals surface area contributed by atoms with Crippen molar-refractivity contribution in [2.45, 2.75) is 5.92 Å². The Kier molecular flexibility index (Phi) is 6.37. The van der Waals surface area contributed by atoms with Crippen molar-refractivity contribution >= 4 is 17.3 Å². The number of hydrogen-bond donors (Lipinski definition) is 6. The highest BCUT2D eigenvalue weighted by Gasteiger charge is 2.29. The van der Waals surface area contributed by atoms with E-state index in [1.165, 1.54) is 26.2 Å². The van der Waals surface area contributed by atoms with Gasteiger partial charge in [-0.15, -0.1) is 0 Å². The standard InChI is InChI=1S/C23H21N7O6/c1-24-18-16(20(31)28-22(33)26-18)15(17-19(25-2)27-23(34)29-21(17)32)13-5-3-11(4-6-13)12-7-9-14(10-8-12)30(35)36/h3-10,15H,1-2H3,(H3,24,26,28,31,33)(H3,25,27,29,32,34). The Labute approximate surface area is 201 Å². The SMILES string of the molecule is CNc1[nH]c(=O)[nH]c(=O)c1C(c1ccc(-c2ccc([N+](=O)[O-])cc2)cc1)c1c(NC)[nH]c(=O)[nH]c1=O. The van der Waals surface area contributed by atoms with E-state index in [0.717, 1.165) is 11.1 Å². The van der Waals surface area contributed by atoms with Gasteiger partial charge < -0.3 is 10.6 Å². The van der Waals surface area contributed by atoms with Crippen LogP contribution in [0.3, 0.4) is 0 Å². The number of non-ortho nitro benzene ring substituents is 1. The summed E-state index contributed by atoms with van der Waals surface area (Å²) < 4.78 is 0. The molecule has 2 aromatic carbocycles. The largest absolute Gasteiger partial charge is 0.374 e. The molecule has 2 aromatic heterocycles. The summed E-state index contributed by atoms with van der Waals surface area (Å²) in [4.78, 5) is 69.6. The van der Waals surface area contributed by atoms with Crippen molar-refractivity contribution in [2.75, 3.05) is 24.7 Å². The normalized spacial score (nSPS) is 10.9. The van der Waals surface area contributed by atoms with Crippen LogP contribution in [0.4, 0.5) is 17.3 Å². The lowest BCUT2D eigenvalue weighted by Crippen LogP contribution is -2.34. The molecule has 0 unspecified atom stereocenters. The lowest BCUT2D eigenvalue weighted by Gasteiger charge is -2.21. The number of benzene rings is 2. The smallest absolute Gasteiger partial charge is 0.327 e. The zero-order valence-corrected chi connectivity index (χ0v) is 19.1. The van der Waals surface area contributed by atoms with Gasteiger partial charge in [0.05, 0.1) is 22.0 Å². The number of nitrogens with one attached hydrogen (secondary N) is 6. The first-order valence-corrected chi connectivity index (χ1v) is 10.7. The van der Waals surface area contributed by atoms with Gasteiger partial charge in [-0.1, -0.05) is 24.3 Å². The third-order valence-corrected chi connectivity index (χ3v) is 5.69. The second-order valence-corrected chi connectivity index (χ2v) is 7.75. The number of aromatic amines is 4. The van der Waals surface area contributed by atoms with E-state index in [2.05, 4.69) is 30.6 Å². The van der Waals surface area contributed by atoms with Crippen LogP contribution in [0.1, 0.15) is 22.6 Å². The van der Waals surface area contributed by atoms with E-state index in [9.17, 15) is 29.3 Å². The topological polar surface area (TPSA) is 199 Å². The van der Waals surface area contributed by atoms with Crippen LogP contribution in [0, 0.1) is 10.1 Å². The Balaban J connectivity index is 1.94. The van der Waals surface area contributed by atoms with Crippen LogP contribution in [0.25, 0.3) is 11.1 Å². The summed E-state index contributed by atoms with van der Waals surface area (Å²) in [6.07, 6.45) is 0. The van der Waals surface area contributed by atoms with Crippen molar-refractivity contribution in [3.63, 3.8) is 0 Å². The third-order valence-electron chi connectivity index (χ3n) is 5.69. The third kappa shape index (κ3) is 4.44. The van der Waals surface area contributed by atoms with E-state index in [0.29, 0.717) is 5.56 Å². The minimum Gasteiger partial charge on any atom is -0.374 e. The molecule has 0 saturated heterocycles. The van der Waals surface area contributed by atoms with Crippen LogP contribution in [-0.4, -0.2) is 39.0 Å². The Bertz CT molecular complexity index is 1590. The molecule has 0 aliphatic carbocycles. The maximum absolute atomic E-state index is 13.0. The molecule has 4 rings (SSSR count). The maximum Gasteiger partial charge on any atom is 0.327 e. The Hall–Kier alpha value is -5.20. The number of nitro groups is 1. The van der Waals surface area contributed by atoms with Gasteiger partial charge in [0.2, 0.25) is 0 Å². The summed E-state index contributed by atoms with van der Waals surface area (Å²) in [6, 6.07) is 12.9. The van der Waals surface area contributed by atoms with E-state index in [1.807, 2.05) is 0 Å². The van der Waals surface area contributed by atoms with Crippen molar-refractivity contribution in [3.05, 3.63) is 117 Å². The summed E-state index contributed by atoms with van der Waals surface area (Å²) in [5, 5.41) is 16.5. The van der Waals surface area contributed by atoms with Gasteiger partial charge in [-0.25, -0.2) is 9.59 Å². The highest BCUT2D eigenvalue weighted by molar-refractivity contribution is 5.66. The van der Waals surface area contributed by atoms with Crippen molar-refractivity contribution in [1.29, 1.82) is 0 Å². The summed E-state index contributed by atoms with van der Waals surface area (Å²) in [7, 11) is 3.03. The number of H-pyrrole nitrogens is 4. The van der Waals surface area contributed by atoms with Crippen LogP contribution < -0.4 is 33.1 Å². The zero-order valence-electron chi connectivity index (χ0n) is 19.1. The summed E-state index contributed by atoms with van der Waals surface area (Å²) >= 11 is 0. The molecular weight excluding hydrogens is 470 g/mol. The summed E-state index contributed by atoms with van der Waals surface area (Å²) in [5.74, 6) is -0.816. The van der Waals surface area contributed by atoms with Gasteiger partial charge in [0.25, 0.3) is 16.8 Å². The predicted molar refractivity (Wildman–Crippen MR) is 134 cm³/mol. The fourth-order valence-electron chi connectivity index (χ4n) is 4.06. The van der Waals surface area contributed by atoms with Crippen molar-refractivity contribution < 1.29 is 4.92 Å². The number of nitrogens with zero attached hydrogens (tertiary/aromatic N) is 1. The maximum atomic E-state index is 13.0. The molecule has 0 aliphatic rings. The van der Waals surface area contributed by atoms with Crippen molar-refractivity contribution in [2.24, 2.45) is 0 Å². The molecule has 0 bridgehead atoms. The fourth-order valence-corrected chi connectivity index (χ4v) is 4.06. The monoisotopic (exact) mass is 491 g/mol. The number of rotatable bonds is 7. The highest BCUT2D eigenvalue weighted by atomic mass is 16.6. The molecule has 13 heteroatoms. The summed E-state index contributed by atoms with van der Waals surface area (Å²) in [5.41, 5.74) is -0.883. The van der Waals surface area contributed by atoms with Gasteiger partial charge >= 0.3 is 11.4 Å². The van der Waals surface area contributed by atoms with E-state index in [4.69, 9.17) is 0 Å². The number of anilines is 2. The van der Waals surface area contributed by atoms with Gasteiger partial charge in [0.1, 0.15) is 11.6 Å². The first-order valence-electron chi connectivity index (χ1n) is 10.7. The quantitative estimate of drug-likeness (QED) is 0.164. The van der Waals surface area contributed by atoms with Gasteiger partial charge in [0, 0.05) is 26.2 Å². The fraction of sp³-hybridized carbons (Fsp3) is 0.130. The molecular formula is C23H21N7O6. The minimum absolute atomic E-state index is 0.0378. The number of hydrogen-bond acceptors (Lipinski definition) is 8. The Morgan fingerprint density at radius 2 is 1.11 bits per heavy atom. The van der Waals surface area contributed by atoms with E-state index >= 15 is 0 Å². The predicted octanol–water partition coefficient (Wildman–Crippen LogP) is 1.28. The molecule has 6 N–H and O–H groups in total. The minimum atomic E-state index is -1.01. The number of aromatic nitrogens is 4. The first kappa shape index (κ1) is 23.9. The molecule has 0 atom stereocenters. The van der Waals surface area contributed by atoms with Gasteiger partial charge in [-0.2, -0.15) is 0 Å². The van der Waals surface area contributed by atoms with Gasteiger partial charge in [0.15, 0.2) is 0 Å². The first-order chi connectivity index (χ1) is 17.2. The van der Waals surface area contributed by atoms with E-state index in [-0.39, 0.29) is 28.5 Å². The molecule has 2 heterocycles. The average Bonchev–Trinajstić information content (AvgIpc) is 2.86. The molecule has 36 heavy (non-hydrogen) atoms. The van der Waals surface area contributed by atoms with Gasteiger partial charge in [-0.3, -0.25) is 39.6 Å². The highest BCUT2D eigenvalue weighted by Crippen LogP contribution is 2.35. The molecule has 0 amide bonds.